The van der Waals surface area contributed by atoms with Crippen molar-refractivity contribution in [3.05, 3.63) is 35.4 Å². The fourth-order valence-corrected chi connectivity index (χ4v) is 2.21. The molecule has 0 bridgehead atoms. The highest BCUT2D eigenvalue weighted by molar-refractivity contribution is 14.0. The number of benzene rings is 1. The third kappa shape index (κ3) is 10.7. The Kier molecular flexibility index (Phi) is 10.6. The summed E-state index contributed by atoms with van der Waals surface area (Å²) in [4.78, 5) is 16.1. The fourth-order valence-electron chi connectivity index (χ4n) is 2.21. The molecule has 2 rings (SSSR count). The van der Waals surface area contributed by atoms with Crippen LogP contribution in [0.15, 0.2) is 29.3 Å². The number of alkyl halides is 3. The largest absolute Gasteiger partial charge is 0.411 e. The number of rotatable bonds is 9. The molecular formula is C18H26F3IN4O2. The van der Waals surface area contributed by atoms with Crippen LogP contribution in [0, 0.1) is 0 Å². The standard InChI is InChI=1S/C18H25F3N4O2.HI/c1-2-22-17(24-10-16(26)25-15-7-8-15)23-9-13-3-5-14(6-4-13)11-27-12-18(19,20)21;/h3-6,15H,2,7-12H2,1H3,(H,25,26)(H2,22,23,24);1H. The maximum absolute atomic E-state index is 12.1. The number of halogens is 4. The van der Waals surface area contributed by atoms with E-state index in [9.17, 15) is 18.0 Å². The van der Waals surface area contributed by atoms with Crippen molar-refractivity contribution in [1.29, 1.82) is 0 Å². The minimum Gasteiger partial charge on any atom is -0.367 e. The number of amides is 1. The van der Waals surface area contributed by atoms with Crippen molar-refractivity contribution in [3.8, 4) is 0 Å². The van der Waals surface area contributed by atoms with Gasteiger partial charge in [0.05, 0.1) is 19.7 Å². The number of hydrogen-bond donors (Lipinski definition) is 3. The fraction of sp³-hybridized carbons (Fsp3) is 0.556. The van der Waals surface area contributed by atoms with Crippen molar-refractivity contribution in [2.45, 2.75) is 45.1 Å². The minimum atomic E-state index is -4.32. The van der Waals surface area contributed by atoms with Gasteiger partial charge in [-0.15, -0.1) is 24.0 Å². The SMILES string of the molecule is CCNC(=NCc1ccc(COCC(F)(F)F)cc1)NCC(=O)NC1CC1.I. The lowest BCUT2D eigenvalue weighted by Gasteiger charge is -2.11. The second-order valence-corrected chi connectivity index (χ2v) is 6.31. The summed E-state index contributed by atoms with van der Waals surface area (Å²) in [6.45, 7) is 1.76. The predicted octanol–water partition coefficient (Wildman–Crippen LogP) is 2.72. The average Bonchev–Trinajstić information content (AvgIpc) is 3.41. The van der Waals surface area contributed by atoms with Crippen molar-refractivity contribution in [2.24, 2.45) is 4.99 Å². The van der Waals surface area contributed by atoms with Gasteiger partial charge in [-0.1, -0.05) is 24.3 Å². The van der Waals surface area contributed by atoms with E-state index in [2.05, 4.69) is 25.7 Å². The molecule has 6 nitrogen and oxygen atoms in total. The molecule has 0 saturated heterocycles. The molecule has 0 heterocycles. The molecule has 10 heteroatoms. The van der Waals surface area contributed by atoms with Gasteiger partial charge in [0.25, 0.3) is 0 Å². The number of ether oxygens (including phenoxy) is 1. The van der Waals surface area contributed by atoms with E-state index in [1.807, 2.05) is 6.92 Å². The zero-order valence-corrected chi connectivity index (χ0v) is 18.0. The van der Waals surface area contributed by atoms with E-state index in [1.54, 1.807) is 24.3 Å². The molecule has 0 atom stereocenters. The van der Waals surface area contributed by atoms with E-state index in [0.29, 0.717) is 30.7 Å². The Morgan fingerprint density at radius 3 is 2.39 bits per heavy atom. The number of guanidine groups is 1. The first-order valence-electron chi connectivity index (χ1n) is 8.89. The molecule has 0 radical (unpaired) electrons. The molecule has 28 heavy (non-hydrogen) atoms. The van der Waals surface area contributed by atoms with Gasteiger partial charge in [-0.05, 0) is 30.9 Å². The highest BCUT2D eigenvalue weighted by Gasteiger charge is 2.27. The predicted molar refractivity (Wildman–Crippen MR) is 112 cm³/mol. The van der Waals surface area contributed by atoms with Gasteiger partial charge in [-0.2, -0.15) is 13.2 Å². The van der Waals surface area contributed by atoms with E-state index in [1.165, 1.54) is 0 Å². The molecule has 0 aliphatic heterocycles. The number of carbonyl (C=O) groups excluding carboxylic acids is 1. The van der Waals surface area contributed by atoms with E-state index in [-0.39, 0.29) is 43.0 Å². The van der Waals surface area contributed by atoms with Gasteiger partial charge in [0, 0.05) is 12.6 Å². The lowest BCUT2D eigenvalue weighted by Crippen LogP contribution is -2.43. The van der Waals surface area contributed by atoms with E-state index in [0.717, 1.165) is 18.4 Å². The number of nitrogens with one attached hydrogen (secondary N) is 3. The molecule has 1 fully saturated rings. The summed E-state index contributed by atoms with van der Waals surface area (Å²) in [6.07, 6.45) is -2.24. The Bertz CT molecular complexity index is 635. The van der Waals surface area contributed by atoms with E-state index >= 15 is 0 Å². The van der Waals surface area contributed by atoms with Crippen LogP contribution >= 0.6 is 24.0 Å². The molecule has 1 aliphatic carbocycles. The van der Waals surface area contributed by atoms with Crippen molar-refractivity contribution in [3.63, 3.8) is 0 Å². The lowest BCUT2D eigenvalue weighted by molar-refractivity contribution is -0.176. The maximum atomic E-state index is 12.1. The summed E-state index contributed by atoms with van der Waals surface area (Å²) in [5.74, 6) is 0.465. The van der Waals surface area contributed by atoms with Crippen molar-refractivity contribution in [1.82, 2.24) is 16.0 Å². The number of aliphatic imine (C=N–C) groups is 1. The first-order valence-corrected chi connectivity index (χ1v) is 8.89. The van der Waals surface area contributed by atoms with Crippen molar-refractivity contribution >= 4 is 35.8 Å². The van der Waals surface area contributed by atoms with Crippen LogP contribution < -0.4 is 16.0 Å². The number of hydrogen-bond acceptors (Lipinski definition) is 3. The smallest absolute Gasteiger partial charge is 0.367 e. The Morgan fingerprint density at radius 2 is 1.82 bits per heavy atom. The molecule has 1 aromatic rings. The quantitative estimate of drug-likeness (QED) is 0.269. The molecule has 0 spiro atoms. The van der Waals surface area contributed by atoms with E-state index < -0.39 is 12.8 Å². The van der Waals surface area contributed by atoms with Crippen molar-refractivity contribution < 1.29 is 22.7 Å². The molecule has 1 aromatic carbocycles. The van der Waals surface area contributed by atoms with Crippen LogP contribution in [0.1, 0.15) is 30.9 Å². The highest BCUT2D eigenvalue weighted by Crippen LogP contribution is 2.18. The summed E-state index contributed by atoms with van der Waals surface area (Å²) in [5, 5.41) is 8.93. The molecule has 1 amide bonds. The Morgan fingerprint density at radius 1 is 1.18 bits per heavy atom. The van der Waals surface area contributed by atoms with Crippen LogP contribution in [0.5, 0.6) is 0 Å². The topological polar surface area (TPSA) is 74.8 Å². The summed E-state index contributed by atoms with van der Waals surface area (Å²) in [5.41, 5.74) is 1.56. The van der Waals surface area contributed by atoms with E-state index in [4.69, 9.17) is 0 Å². The van der Waals surface area contributed by atoms with Gasteiger partial charge < -0.3 is 20.7 Å². The zero-order chi connectivity index (χ0) is 19.7. The van der Waals surface area contributed by atoms with Crippen LogP contribution in [0.4, 0.5) is 13.2 Å². The Balaban J connectivity index is 0.00000392. The summed E-state index contributed by atoms with van der Waals surface area (Å²) >= 11 is 0. The average molecular weight is 514 g/mol. The molecular weight excluding hydrogens is 488 g/mol. The van der Waals surface area contributed by atoms with Gasteiger partial charge in [-0.3, -0.25) is 4.79 Å². The second kappa shape index (κ2) is 12.1. The van der Waals surface area contributed by atoms with Crippen LogP contribution in [-0.2, 0) is 22.7 Å². The van der Waals surface area contributed by atoms with Gasteiger partial charge >= 0.3 is 6.18 Å². The Labute approximate surface area is 179 Å². The number of nitrogens with zero attached hydrogens (tertiary/aromatic N) is 1. The molecule has 1 aliphatic rings. The molecule has 0 aromatic heterocycles. The van der Waals surface area contributed by atoms with Crippen LogP contribution in [0.2, 0.25) is 0 Å². The molecule has 158 valence electrons. The summed E-state index contributed by atoms with van der Waals surface area (Å²) in [6, 6.07) is 7.32. The van der Waals surface area contributed by atoms with Crippen molar-refractivity contribution in [2.75, 3.05) is 19.7 Å². The van der Waals surface area contributed by atoms with Crippen LogP contribution in [-0.4, -0.2) is 43.8 Å². The zero-order valence-electron chi connectivity index (χ0n) is 15.6. The van der Waals surface area contributed by atoms with Gasteiger partial charge in [0.2, 0.25) is 5.91 Å². The maximum Gasteiger partial charge on any atom is 0.411 e. The Hall–Kier alpha value is -1.56. The third-order valence-electron chi connectivity index (χ3n) is 3.68. The summed E-state index contributed by atoms with van der Waals surface area (Å²) < 4.78 is 40.8. The van der Waals surface area contributed by atoms with Gasteiger partial charge in [-0.25, -0.2) is 4.99 Å². The highest BCUT2D eigenvalue weighted by atomic mass is 127. The monoisotopic (exact) mass is 514 g/mol. The van der Waals surface area contributed by atoms with Crippen LogP contribution in [0.3, 0.4) is 0 Å². The lowest BCUT2D eigenvalue weighted by atomic mass is 10.1. The first kappa shape index (κ1) is 24.5. The first-order chi connectivity index (χ1) is 12.9. The normalized spacial score (nSPS) is 14.2. The third-order valence-corrected chi connectivity index (χ3v) is 3.68. The second-order valence-electron chi connectivity index (χ2n) is 6.31. The molecule has 0 unspecified atom stereocenters. The molecule has 1 saturated carbocycles. The van der Waals surface area contributed by atoms with Crippen LogP contribution in [0.25, 0.3) is 0 Å². The van der Waals surface area contributed by atoms with Gasteiger partial charge in [0.15, 0.2) is 5.96 Å². The number of carbonyl (C=O) groups is 1. The minimum absolute atomic E-state index is 0. The molecule has 3 N–H and O–H groups in total. The summed E-state index contributed by atoms with van der Waals surface area (Å²) in [7, 11) is 0. The van der Waals surface area contributed by atoms with Gasteiger partial charge in [0.1, 0.15) is 6.61 Å².